The van der Waals surface area contributed by atoms with Crippen molar-refractivity contribution in [3.63, 3.8) is 0 Å². The first-order valence-electron chi connectivity index (χ1n) is 4.67. The standard InChI is InChI=1S/C11H15NO3/c1-7(11(2,12)10(14)15)8-3-5-9(13)6-4-8/h3-7,13H,12H2,1-2H3,(H,14,15)/t7-,11-/m1/s1. The van der Waals surface area contributed by atoms with E-state index in [0.717, 1.165) is 5.56 Å². The second kappa shape index (κ2) is 3.90. The van der Waals surface area contributed by atoms with E-state index in [0.29, 0.717) is 0 Å². The second-order valence-corrected chi connectivity index (χ2v) is 3.90. The fourth-order valence-electron chi connectivity index (χ4n) is 1.29. The van der Waals surface area contributed by atoms with Crippen LogP contribution < -0.4 is 5.73 Å². The second-order valence-electron chi connectivity index (χ2n) is 3.90. The molecular formula is C11H15NO3. The zero-order valence-electron chi connectivity index (χ0n) is 8.77. The first kappa shape index (κ1) is 11.5. The Bertz CT molecular complexity index is 357. The topological polar surface area (TPSA) is 83.5 Å². The molecule has 0 radical (unpaired) electrons. The highest BCUT2D eigenvalue weighted by Crippen LogP contribution is 2.27. The number of phenols is 1. The van der Waals surface area contributed by atoms with Crippen molar-refractivity contribution in [1.29, 1.82) is 0 Å². The molecule has 0 aliphatic rings. The lowest BCUT2D eigenvalue weighted by atomic mass is 9.83. The summed E-state index contributed by atoms with van der Waals surface area (Å²) in [7, 11) is 0. The zero-order chi connectivity index (χ0) is 11.6. The number of benzene rings is 1. The molecule has 0 aromatic heterocycles. The van der Waals surface area contributed by atoms with Gasteiger partial charge >= 0.3 is 5.97 Å². The van der Waals surface area contributed by atoms with Crippen LogP contribution in [0.2, 0.25) is 0 Å². The Morgan fingerprint density at radius 3 is 2.27 bits per heavy atom. The normalized spacial score (nSPS) is 16.7. The van der Waals surface area contributed by atoms with Crippen molar-refractivity contribution < 1.29 is 15.0 Å². The van der Waals surface area contributed by atoms with Crippen LogP contribution in [0.5, 0.6) is 5.75 Å². The Morgan fingerprint density at radius 2 is 1.87 bits per heavy atom. The molecule has 2 atom stereocenters. The number of carboxylic acid groups (broad SMARTS) is 1. The first-order chi connectivity index (χ1) is 6.85. The van der Waals surface area contributed by atoms with Crippen molar-refractivity contribution in [1.82, 2.24) is 0 Å². The van der Waals surface area contributed by atoms with Gasteiger partial charge in [-0.1, -0.05) is 19.1 Å². The maximum Gasteiger partial charge on any atom is 0.324 e. The van der Waals surface area contributed by atoms with E-state index in [1.807, 2.05) is 0 Å². The molecule has 4 N–H and O–H groups in total. The first-order valence-corrected chi connectivity index (χ1v) is 4.67. The number of hydrogen-bond donors (Lipinski definition) is 3. The van der Waals surface area contributed by atoms with Gasteiger partial charge in [0.05, 0.1) is 0 Å². The average molecular weight is 209 g/mol. The molecular weight excluding hydrogens is 194 g/mol. The van der Waals surface area contributed by atoms with Gasteiger partial charge in [-0.15, -0.1) is 0 Å². The van der Waals surface area contributed by atoms with E-state index in [1.54, 1.807) is 19.1 Å². The molecule has 0 aliphatic carbocycles. The summed E-state index contributed by atoms with van der Waals surface area (Å²) in [6, 6.07) is 6.38. The van der Waals surface area contributed by atoms with Gasteiger partial charge in [-0.2, -0.15) is 0 Å². The van der Waals surface area contributed by atoms with Crippen molar-refractivity contribution in [3.8, 4) is 5.75 Å². The Labute approximate surface area is 88.3 Å². The number of phenolic OH excluding ortho intramolecular Hbond substituents is 1. The molecule has 0 spiro atoms. The third-order valence-electron chi connectivity index (χ3n) is 2.75. The molecule has 1 aromatic carbocycles. The van der Waals surface area contributed by atoms with E-state index in [4.69, 9.17) is 15.9 Å². The SMILES string of the molecule is C[C@H](c1ccc(O)cc1)[C@@](C)(N)C(=O)O. The molecule has 0 amide bonds. The summed E-state index contributed by atoms with van der Waals surface area (Å²) < 4.78 is 0. The minimum absolute atomic E-state index is 0.153. The molecule has 1 aromatic rings. The number of nitrogens with two attached hydrogens (primary N) is 1. The van der Waals surface area contributed by atoms with Gasteiger partial charge in [0.15, 0.2) is 0 Å². The van der Waals surface area contributed by atoms with Crippen LogP contribution in [-0.2, 0) is 4.79 Å². The summed E-state index contributed by atoms with van der Waals surface area (Å²) in [4.78, 5) is 10.9. The lowest BCUT2D eigenvalue weighted by molar-refractivity contribution is -0.143. The molecule has 0 saturated heterocycles. The van der Waals surface area contributed by atoms with Gasteiger partial charge in [-0.3, -0.25) is 4.79 Å². The molecule has 4 nitrogen and oxygen atoms in total. The van der Waals surface area contributed by atoms with Gasteiger partial charge < -0.3 is 15.9 Å². The van der Waals surface area contributed by atoms with E-state index >= 15 is 0 Å². The average Bonchev–Trinajstić information content (AvgIpc) is 2.17. The van der Waals surface area contributed by atoms with E-state index < -0.39 is 11.5 Å². The molecule has 4 heteroatoms. The van der Waals surface area contributed by atoms with Crippen LogP contribution in [0.4, 0.5) is 0 Å². The smallest absolute Gasteiger partial charge is 0.324 e. The van der Waals surface area contributed by atoms with Crippen molar-refractivity contribution >= 4 is 5.97 Å². The van der Waals surface area contributed by atoms with Crippen molar-refractivity contribution in [3.05, 3.63) is 29.8 Å². The third kappa shape index (κ3) is 2.27. The van der Waals surface area contributed by atoms with Crippen LogP contribution in [0.25, 0.3) is 0 Å². The molecule has 0 unspecified atom stereocenters. The van der Waals surface area contributed by atoms with E-state index in [1.165, 1.54) is 19.1 Å². The van der Waals surface area contributed by atoms with Gasteiger partial charge in [0.25, 0.3) is 0 Å². The molecule has 0 heterocycles. The van der Waals surface area contributed by atoms with E-state index in [-0.39, 0.29) is 11.7 Å². The van der Waals surface area contributed by atoms with Crippen LogP contribution in [0, 0.1) is 0 Å². The molecule has 0 bridgehead atoms. The van der Waals surface area contributed by atoms with Crippen LogP contribution >= 0.6 is 0 Å². The van der Waals surface area contributed by atoms with Gasteiger partial charge in [-0.05, 0) is 24.6 Å². The largest absolute Gasteiger partial charge is 0.508 e. The fraction of sp³-hybridized carbons (Fsp3) is 0.364. The van der Waals surface area contributed by atoms with E-state index in [9.17, 15) is 4.79 Å². The summed E-state index contributed by atoms with van der Waals surface area (Å²) in [5, 5.41) is 18.1. The highest BCUT2D eigenvalue weighted by molar-refractivity contribution is 5.79. The minimum Gasteiger partial charge on any atom is -0.508 e. The van der Waals surface area contributed by atoms with Crippen LogP contribution in [0.1, 0.15) is 25.3 Å². The third-order valence-corrected chi connectivity index (χ3v) is 2.75. The Kier molecular flexibility index (Phi) is 3.00. The maximum atomic E-state index is 10.9. The van der Waals surface area contributed by atoms with Crippen LogP contribution in [0.3, 0.4) is 0 Å². The lowest BCUT2D eigenvalue weighted by Crippen LogP contribution is -2.49. The molecule has 82 valence electrons. The lowest BCUT2D eigenvalue weighted by Gasteiger charge is -2.27. The quantitative estimate of drug-likeness (QED) is 0.700. The Balaban J connectivity index is 2.99. The number of aromatic hydroxyl groups is 1. The van der Waals surface area contributed by atoms with Gasteiger partial charge in [0.2, 0.25) is 0 Å². The molecule has 15 heavy (non-hydrogen) atoms. The number of aliphatic carboxylic acids is 1. The van der Waals surface area contributed by atoms with Crippen LogP contribution in [-0.4, -0.2) is 21.7 Å². The van der Waals surface area contributed by atoms with Crippen LogP contribution in [0.15, 0.2) is 24.3 Å². The predicted molar refractivity (Wildman–Crippen MR) is 56.8 cm³/mol. The Morgan fingerprint density at radius 1 is 1.40 bits per heavy atom. The van der Waals surface area contributed by atoms with Gasteiger partial charge in [0, 0.05) is 5.92 Å². The number of carbonyl (C=O) groups is 1. The number of rotatable bonds is 3. The summed E-state index contributed by atoms with van der Waals surface area (Å²) in [5.41, 5.74) is 5.19. The van der Waals surface area contributed by atoms with Gasteiger partial charge in [-0.25, -0.2) is 0 Å². The summed E-state index contributed by atoms with van der Waals surface area (Å²) in [6.45, 7) is 3.23. The molecule has 0 saturated carbocycles. The van der Waals surface area contributed by atoms with Crippen molar-refractivity contribution in [2.75, 3.05) is 0 Å². The zero-order valence-corrected chi connectivity index (χ0v) is 8.77. The summed E-state index contributed by atoms with van der Waals surface area (Å²) in [6.07, 6.45) is 0. The summed E-state index contributed by atoms with van der Waals surface area (Å²) >= 11 is 0. The maximum absolute atomic E-state index is 10.9. The van der Waals surface area contributed by atoms with E-state index in [2.05, 4.69) is 0 Å². The van der Waals surface area contributed by atoms with Crippen molar-refractivity contribution in [2.45, 2.75) is 25.3 Å². The highest BCUT2D eigenvalue weighted by atomic mass is 16.4. The fourth-order valence-corrected chi connectivity index (χ4v) is 1.29. The minimum atomic E-state index is -1.31. The number of carboxylic acids is 1. The highest BCUT2D eigenvalue weighted by Gasteiger charge is 2.35. The summed E-state index contributed by atoms with van der Waals surface area (Å²) in [5.74, 6) is -1.21. The Hall–Kier alpha value is -1.55. The predicted octanol–water partition coefficient (Wildman–Crippen LogP) is 1.30. The molecule has 0 fully saturated rings. The molecule has 1 rings (SSSR count). The van der Waals surface area contributed by atoms with Crippen molar-refractivity contribution in [2.24, 2.45) is 5.73 Å². The van der Waals surface area contributed by atoms with Gasteiger partial charge in [0.1, 0.15) is 11.3 Å². The number of hydrogen-bond acceptors (Lipinski definition) is 3. The monoisotopic (exact) mass is 209 g/mol. The molecule has 0 aliphatic heterocycles.